The van der Waals surface area contributed by atoms with Gasteiger partial charge in [-0.15, -0.1) is 0 Å². The SMILES string of the molecule is c1ccc(-c2ccc(-n3c4ccccc4c4cc(-c5ccc6c(c5)c5ccccc5n6-c5ccc(-c6ccc(-c7ccc(-c8cccc(C9(c%10ccc(-c%11ccccc%11-c%11ccccc%11)cc%10)c%10ccccc%10-c%10ccccc%109)c8)cc7)cc6)cc5)ccc43)cc2)cc1. The molecule has 2 heterocycles. The molecule has 2 nitrogen and oxygen atoms in total. The quantitative estimate of drug-likeness (QED) is 0.122. The zero-order valence-corrected chi connectivity index (χ0v) is 51.0. The Morgan fingerprint density at radius 2 is 0.484 bits per heavy atom. The molecule has 0 fully saturated rings. The van der Waals surface area contributed by atoms with E-state index < -0.39 is 5.41 Å². The van der Waals surface area contributed by atoms with Crippen molar-refractivity contribution in [1.29, 1.82) is 0 Å². The number of benzene rings is 15. The maximum absolute atomic E-state index is 2.43. The van der Waals surface area contributed by atoms with Crippen LogP contribution in [0.15, 0.2) is 364 Å². The van der Waals surface area contributed by atoms with Crippen molar-refractivity contribution >= 4 is 43.6 Å². The molecule has 0 N–H and O–H groups in total. The van der Waals surface area contributed by atoms with Gasteiger partial charge in [0.15, 0.2) is 0 Å². The molecule has 18 rings (SSSR count). The van der Waals surface area contributed by atoms with Gasteiger partial charge in [0.1, 0.15) is 0 Å². The lowest BCUT2D eigenvalue weighted by molar-refractivity contribution is 0.769. The van der Waals surface area contributed by atoms with Gasteiger partial charge in [0.2, 0.25) is 0 Å². The molecule has 434 valence electrons. The lowest BCUT2D eigenvalue weighted by atomic mass is 9.67. The number of para-hydroxylation sites is 2. The monoisotopic (exact) mass is 1180 g/mol. The maximum Gasteiger partial charge on any atom is 0.0713 e. The number of aromatic nitrogens is 2. The van der Waals surface area contributed by atoms with E-state index >= 15 is 0 Å². The lowest BCUT2D eigenvalue weighted by Gasteiger charge is -2.34. The first kappa shape index (κ1) is 53.9. The van der Waals surface area contributed by atoms with Gasteiger partial charge in [-0.3, -0.25) is 0 Å². The van der Waals surface area contributed by atoms with Crippen molar-refractivity contribution in [3.8, 4) is 100 Å². The van der Waals surface area contributed by atoms with Crippen molar-refractivity contribution < 1.29 is 0 Å². The molecule has 0 radical (unpaired) electrons. The van der Waals surface area contributed by atoms with Crippen LogP contribution in [0.3, 0.4) is 0 Å². The van der Waals surface area contributed by atoms with Crippen LogP contribution in [0.1, 0.15) is 22.3 Å². The summed E-state index contributed by atoms with van der Waals surface area (Å²) < 4.78 is 4.82. The molecule has 0 bridgehead atoms. The van der Waals surface area contributed by atoms with E-state index in [1.807, 2.05) is 0 Å². The smallest absolute Gasteiger partial charge is 0.0713 e. The van der Waals surface area contributed by atoms with Gasteiger partial charge >= 0.3 is 0 Å². The van der Waals surface area contributed by atoms with Gasteiger partial charge in [-0.05, 0) is 178 Å². The maximum atomic E-state index is 2.43. The molecule has 2 heteroatoms. The minimum atomic E-state index is -0.527. The normalized spacial score (nSPS) is 12.4. The van der Waals surface area contributed by atoms with Crippen molar-refractivity contribution in [3.05, 3.63) is 386 Å². The molecule has 93 heavy (non-hydrogen) atoms. The average molecular weight is 1180 g/mol. The third kappa shape index (κ3) is 8.94. The van der Waals surface area contributed by atoms with Gasteiger partial charge in [-0.1, -0.05) is 297 Å². The van der Waals surface area contributed by atoms with Crippen LogP contribution in [0, 0.1) is 0 Å². The molecule has 0 amide bonds. The molecule has 0 unspecified atom stereocenters. The Labute approximate surface area is 541 Å². The van der Waals surface area contributed by atoms with Crippen molar-refractivity contribution in [1.82, 2.24) is 9.13 Å². The van der Waals surface area contributed by atoms with E-state index in [0.717, 1.165) is 11.4 Å². The number of fused-ring (bicyclic) bond motifs is 9. The zero-order chi connectivity index (χ0) is 61.4. The first-order valence-electron chi connectivity index (χ1n) is 32.2. The number of hydrogen-bond acceptors (Lipinski definition) is 0. The molecule has 1 aliphatic carbocycles. The molecule has 0 saturated heterocycles. The predicted octanol–water partition coefficient (Wildman–Crippen LogP) is 23.9. The minimum Gasteiger partial charge on any atom is -0.309 e. The second-order valence-electron chi connectivity index (χ2n) is 24.7. The summed E-state index contributed by atoms with van der Waals surface area (Å²) in [4.78, 5) is 0. The Morgan fingerprint density at radius 3 is 0.957 bits per heavy atom. The summed E-state index contributed by atoms with van der Waals surface area (Å²) in [7, 11) is 0. The summed E-state index contributed by atoms with van der Waals surface area (Å²) in [5.74, 6) is 0. The highest BCUT2D eigenvalue weighted by molar-refractivity contribution is 6.13. The highest BCUT2D eigenvalue weighted by atomic mass is 15.0. The van der Waals surface area contributed by atoms with Gasteiger partial charge in [0.25, 0.3) is 0 Å². The van der Waals surface area contributed by atoms with E-state index in [-0.39, 0.29) is 0 Å². The molecule has 17 aromatic rings. The van der Waals surface area contributed by atoms with Gasteiger partial charge in [-0.2, -0.15) is 0 Å². The highest BCUT2D eigenvalue weighted by Crippen LogP contribution is 2.57. The Hall–Kier alpha value is -12.1. The molecular weight excluding hydrogens is 1120 g/mol. The second-order valence-corrected chi connectivity index (χ2v) is 24.7. The van der Waals surface area contributed by atoms with Gasteiger partial charge < -0.3 is 9.13 Å². The third-order valence-corrected chi connectivity index (χ3v) is 19.7. The van der Waals surface area contributed by atoms with Crippen LogP contribution in [0.4, 0.5) is 0 Å². The van der Waals surface area contributed by atoms with Crippen LogP contribution in [-0.2, 0) is 5.41 Å². The largest absolute Gasteiger partial charge is 0.309 e. The summed E-state index contributed by atoms with van der Waals surface area (Å²) in [6.07, 6.45) is 0. The van der Waals surface area contributed by atoms with Crippen LogP contribution in [0.5, 0.6) is 0 Å². The first-order valence-corrected chi connectivity index (χ1v) is 32.2. The van der Waals surface area contributed by atoms with Crippen LogP contribution >= 0.6 is 0 Å². The summed E-state index contributed by atoms with van der Waals surface area (Å²) in [6.45, 7) is 0. The number of hydrogen-bond donors (Lipinski definition) is 0. The number of rotatable bonds is 11. The van der Waals surface area contributed by atoms with E-state index in [2.05, 4.69) is 373 Å². The summed E-state index contributed by atoms with van der Waals surface area (Å²) in [6, 6.07) is 134. The third-order valence-electron chi connectivity index (χ3n) is 19.7. The lowest BCUT2D eigenvalue weighted by Crippen LogP contribution is -2.28. The number of nitrogens with zero attached hydrogens (tertiary/aromatic N) is 2. The topological polar surface area (TPSA) is 9.86 Å². The Balaban J connectivity index is 0.619. The predicted molar refractivity (Wildman–Crippen MR) is 390 cm³/mol. The minimum absolute atomic E-state index is 0.527. The summed E-state index contributed by atoms with van der Waals surface area (Å²) in [5.41, 5.74) is 31.0. The van der Waals surface area contributed by atoms with E-state index in [9.17, 15) is 0 Å². The first-order chi connectivity index (χ1) is 46.1. The molecule has 0 atom stereocenters. The van der Waals surface area contributed by atoms with Crippen molar-refractivity contribution in [2.24, 2.45) is 0 Å². The standard InChI is InChI=1S/C91H60N2/c1-3-18-61(19-4-1)65-44-52-75(53-45-65)92-87-32-15-11-28-81(87)83-59-71(48-56-89(83)92)72-49-57-90-84(60-72)82-29-12-16-33-88(82)93(90)76-54-46-66(47-55-76)64-36-34-62(35-37-64)63-38-40-67(41-39-63)70-22-17-23-74(58-70)91(85-30-13-9-26-79(85)80-27-10-14-31-86(80)91)73-50-42-69(43-51-73)78-25-8-7-24-77(78)68-20-5-2-6-21-68/h1-60H. The van der Waals surface area contributed by atoms with E-state index in [4.69, 9.17) is 0 Å². The Bertz CT molecular complexity index is 5630. The van der Waals surface area contributed by atoms with Crippen molar-refractivity contribution in [3.63, 3.8) is 0 Å². The van der Waals surface area contributed by atoms with E-state index in [1.54, 1.807) is 0 Å². The fraction of sp³-hybridized carbons (Fsp3) is 0.0110. The zero-order valence-electron chi connectivity index (χ0n) is 51.0. The summed E-state index contributed by atoms with van der Waals surface area (Å²) in [5, 5.41) is 4.96. The van der Waals surface area contributed by atoms with Crippen molar-refractivity contribution in [2.75, 3.05) is 0 Å². The Morgan fingerprint density at radius 1 is 0.172 bits per heavy atom. The Kier molecular flexibility index (Phi) is 12.8. The molecule has 0 spiro atoms. The molecule has 0 saturated carbocycles. The molecule has 0 aliphatic heterocycles. The fourth-order valence-corrected chi connectivity index (χ4v) is 15.3. The van der Waals surface area contributed by atoms with Gasteiger partial charge in [-0.25, -0.2) is 0 Å². The van der Waals surface area contributed by atoms with Crippen LogP contribution < -0.4 is 0 Å². The molecular formula is C91H60N2. The van der Waals surface area contributed by atoms with Gasteiger partial charge in [0.05, 0.1) is 27.5 Å². The van der Waals surface area contributed by atoms with E-state index in [1.165, 1.54) is 155 Å². The highest BCUT2D eigenvalue weighted by Gasteiger charge is 2.46. The second kappa shape index (κ2) is 22.1. The molecule has 15 aromatic carbocycles. The van der Waals surface area contributed by atoms with Gasteiger partial charge in [0, 0.05) is 32.9 Å². The van der Waals surface area contributed by atoms with E-state index in [0.29, 0.717) is 0 Å². The van der Waals surface area contributed by atoms with Crippen LogP contribution in [0.2, 0.25) is 0 Å². The van der Waals surface area contributed by atoms with Crippen LogP contribution in [-0.4, -0.2) is 9.13 Å². The van der Waals surface area contributed by atoms with Crippen LogP contribution in [0.25, 0.3) is 144 Å². The average Bonchev–Trinajstić information content (AvgIpc) is 1.58. The van der Waals surface area contributed by atoms with Crippen molar-refractivity contribution in [2.45, 2.75) is 5.41 Å². The molecule has 2 aromatic heterocycles. The molecule has 1 aliphatic rings. The fourth-order valence-electron chi connectivity index (χ4n) is 15.3. The summed E-state index contributed by atoms with van der Waals surface area (Å²) >= 11 is 0.